The molecule has 1 aromatic heterocycles. The molecule has 0 aliphatic heterocycles. The van der Waals surface area contributed by atoms with Gasteiger partial charge in [0.15, 0.2) is 0 Å². The Morgan fingerprint density at radius 3 is 2.83 bits per heavy atom. The Labute approximate surface area is 77.0 Å². The number of rotatable bonds is 3. The first-order valence-corrected chi connectivity index (χ1v) is 5.31. The first-order valence-electron chi connectivity index (χ1n) is 4.43. The molecule has 2 rings (SSSR count). The van der Waals surface area contributed by atoms with Gasteiger partial charge in [-0.05, 0) is 37.6 Å². The van der Waals surface area contributed by atoms with E-state index in [2.05, 4.69) is 17.5 Å². The zero-order valence-corrected chi connectivity index (χ0v) is 8.10. The van der Waals surface area contributed by atoms with E-state index >= 15 is 0 Å². The summed E-state index contributed by atoms with van der Waals surface area (Å²) in [5.74, 6) is 0. The van der Waals surface area contributed by atoms with Crippen LogP contribution in [-0.4, -0.2) is 11.2 Å². The standard InChI is InChI=1S/C10H14OS/c1-8(11)10(4-5-10)7-9-3-2-6-12-9/h2-3,6,8,11H,4-5,7H2,1H3. The van der Waals surface area contributed by atoms with Crippen LogP contribution >= 0.6 is 11.3 Å². The van der Waals surface area contributed by atoms with E-state index in [1.165, 1.54) is 17.7 Å². The Bertz CT molecular complexity index is 247. The van der Waals surface area contributed by atoms with Crippen molar-refractivity contribution in [3.8, 4) is 0 Å². The molecule has 0 saturated heterocycles. The minimum atomic E-state index is -0.139. The van der Waals surface area contributed by atoms with Crippen LogP contribution in [0.15, 0.2) is 17.5 Å². The van der Waals surface area contributed by atoms with Gasteiger partial charge in [0.05, 0.1) is 6.10 Å². The summed E-state index contributed by atoms with van der Waals surface area (Å²) >= 11 is 1.80. The smallest absolute Gasteiger partial charge is 0.0571 e. The molecule has 0 spiro atoms. The molecule has 0 bridgehead atoms. The molecule has 1 nitrogen and oxygen atoms in total. The van der Waals surface area contributed by atoms with Gasteiger partial charge < -0.3 is 5.11 Å². The van der Waals surface area contributed by atoms with Crippen LogP contribution in [0.1, 0.15) is 24.6 Å². The van der Waals surface area contributed by atoms with E-state index in [0.717, 1.165) is 6.42 Å². The lowest BCUT2D eigenvalue weighted by Gasteiger charge is -2.16. The van der Waals surface area contributed by atoms with Gasteiger partial charge in [0.25, 0.3) is 0 Å². The fourth-order valence-electron chi connectivity index (χ4n) is 1.66. The van der Waals surface area contributed by atoms with E-state index in [0.29, 0.717) is 0 Å². The Morgan fingerprint density at radius 2 is 2.42 bits per heavy atom. The molecule has 1 aliphatic carbocycles. The predicted molar refractivity (Wildman–Crippen MR) is 51.4 cm³/mol. The van der Waals surface area contributed by atoms with Crippen LogP contribution in [0.2, 0.25) is 0 Å². The van der Waals surface area contributed by atoms with Crippen molar-refractivity contribution in [1.82, 2.24) is 0 Å². The van der Waals surface area contributed by atoms with Crippen molar-refractivity contribution in [3.63, 3.8) is 0 Å². The average molecular weight is 182 g/mol. The van der Waals surface area contributed by atoms with E-state index in [4.69, 9.17) is 0 Å². The van der Waals surface area contributed by atoms with E-state index in [1.54, 1.807) is 11.3 Å². The summed E-state index contributed by atoms with van der Waals surface area (Å²) < 4.78 is 0. The molecule has 1 unspecified atom stereocenters. The summed E-state index contributed by atoms with van der Waals surface area (Å²) in [6, 6.07) is 4.24. The minimum Gasteiger partial charge on any atom is -0.393 e. The second kappa shape index (κ2) is 2.86. The highest BCUT2D eigenvalue weighted by Crippen LogP contribution is 2.51. The number of aliphatic hydroxyl groups is 1. The summed E-state index contributed by atoms with van der Waals surface area (Å²) in [5, 5.41) is 11.7. The van der Waals surface area contributed by atoms with Crippen molar-refractivity contribution in [2.45, 2.75) is 32.3 Å². The van der Waals surface area contributed by atoms with Crippen molar-refractivity contribution in [2.24, 2.45) is 5.41 Å². The topological polar surface area (TPSA) is 20.2 Å². The molecule has 1 fully saturated rings. The molecule has 0 radical (unpaired) electrons. The van der Waals surface area contributed by atoms with Crippen LogP contribution in [-0.2, 0) is 6.42 Å². The maximum atomic E-state index is 9.55. The van der Waals surface area contributed by atoms with Crippen LogP contribution in [0.5, 0.6) is 0 Å². The zero-order valence-electron chi connectivity index (χ0n) is 7.29. The van der Waals surface area contributed by atoms with E-state index < -0.39 is 0 Å². The molecule has 0 amide bonds. The quantitative estimate of drug-likeness (QED) is 0.761. The minimum absolute atomic E-state index is 0.139. The van der Waals surface area contributed by atoms with Gasteiger partial charge in [0, 0.05) is 10.3 Å². The number of aliphatic hydroxyl groups excluding tert-OH is 1. The second-order valence-electron chi connectivity index (χ2n) is 3.79. The third kappa shape index (κ3) is 1.41. The molecule has 1 saturated carbocycles. The van der Waals surface area contributed by atoms with Crippen molar-refractivity contribution in [2.75, 3.05) is 0 Å². The molecule has 1 aromatic rings. The Morgan fingerprint density at radius 1 is 1.67 bits per heavy atom. The SMILES string of the molecule is CC(O)C1(Cc2cccs2)CC1. The Kier molecular flexibility index (Phi) is 1.97. The Hall–Kier alpha value is -0.340. The molecular weight excluding hydrogens is 168 g/mol. The maximum Gasteiger partial charge on any atom is 0.0571 e. The number of hydrogen-bond acceptors (Lipinski definition) is 2. The first-order chi connectivity index (χ1) is 5.73. The molecule has 12 heavy (non-hydrogen) atoms. The second-order valence-corrected chi connectivity index (χ2v) is 4.83. The highest BCUT2D eigenvalue weighted by atomic mass is 32.1. The summed E-state index contributed by atoms with van der Waals surface area (Å²) in [7, 11) is 0. The number of thiophene rings is 1. The van der Waals surface area contributed by atoms with Crippen LogP contribution in [0.25, 0.3) is 0 Å². The molecule has 1 aliphatic rings. The van der Waals surface area contributed by atoms with Crippen molar-refractivity contribution in [3.05, 3.63) is 22.4 Å². The average Bonchev–Trinajstić information content (AvgIpc) is 2.60. The fraction of sp³-hybridized carbons (Fsp3) is 0.600. The van der Waals surface area contributed by atoms with Crippen LogP contribution < -0.4 is 0 Å². The predicted octanol–water partition coefficient (Wildman–Crippen LogP) is 2.45. The third-order valence-electron chi connectivity index (χ3n) is 2.88. The largest absolute Gasteiger partial charge is 0.393 e. The van der Waals surface area contributed by atoms with Gasteiger partial charge in [-0.2, -0.15) is 0 Å². The zero-order chi connectivity index (χ0) is 8.60. The molecule has 0 aromatic carbocycles. The highest BCUT2D eigenvalue weighted by Gasteiger charge is 2.46. The number of hydrogen-bond donors (Lipinski definition) is 1. The van der Waals surface area contributed by atoms with Crippen molar-refractivity contribution < 1.29 is 5.11 Å². The molecule has 2 heteroatoms. The molecule has 66 valence electrons. The normalized spacial score (nSPS) is 22.2. The lowest BCUT2D eigenvalue weighted by Crippen LogP contribution is -2.19. The molecule has 1 N–H and O–H groups in total. The molecular formula is C10H14OS. The van der Waals surface area contributed by atoms with Gasteiger partial charge in [0.2, 0.25) is 0 Å². The summed E-state index contributed by atoms with van der Waals surface area (Å²) in [4.78, 5) is 1.41. The third-order valence-corrected chi connectivity index (χ3v) is 3.76. The summed E-state index contributed by atoms with van der Waals surface area (Å²) in [6.07, 6.45) is 3.33. The highest BCUT2D eigenvalue weighted by molar-refractivity contribution is 7.09. The van der Waals surface area contributed by atoms with Gasteiger partial charge in [-0.15, -0.1) is 11.3 Å². The van der Waals surface area contributed by atoms with Gasteiger partial charge in [-0.25, -0.2) is 0 Å². The Balaban J connectivity index is 2.04. The lowest BCUT2D eigenvalue weighted by molar-refractivity contribution is 0.111. The van der Waals surface area contributed by atoms with Crippen molar-refractivity contribution >= 4 is 11.3 Å². The van der Waals surface area contributed by atoms with Gasteiger partial charge in [-0.3, -0.25) is 0 Å². The van der Waals surface area contributed by atoms with E-state index in [1.807, 2.05) is 6.92 Å². The van der Waals surface area contributed by atoms with E-state index in [-0.39, 0.29) is 11.5 Å². The van der Waals surface area contributed by atoms with Crippen LogP contribution in [0.3, 0.4) is 0 Å². The van der Waals surface area contributed by atoms with E-state index in [9.17, 15) is 5.11 Å². The van der Waals surface area contributed by atoms with Crippen molar-refractivity contribution in [1.29, 1.82) is 0 Å². The monoisotopic (exact) mass is 182 g/mol. The molecule has 1 heterocycles. The van der Waals surface area contributed by atoms with Gasteiger partial charge in [-0.1, -0.05) is 6.07 Å². The summed E-state index contributed by atoms with van der Waals surface area (Å²) in [6.45, 7) is 1.92. The summed E-state index contributed by atoms with van der Waals surface area (Å²) in [5.41, 5.74) is 0.241. The van der Waals surface area contributed by atoms with Crippen LogP contribution in [0.4, 0.5) is 0 Å². The first kappa shape index (κ1) is 8.27. The maximum absolute atomic E-state index is 9.55. The van der Waals surface area contributed by atoms with Gasteiger partial charge >= 0.3 is 0 Å². The fourth-order valence-corrected chi connectivity index (χ4v) is 2.52. The van der Waals surface area contributed by atoms with Crippen LogP contribution in [0, 0.1) is 5.41 Å². The lowest BCUT2D eigenvalue weighted by atomic mass is 9.95. The molecule has 1 atom stereocenters. The van der Waals surface area contributed by atoms with Gasteiger partial charge in [0.1, 0.15) is 0 Å².